The van der Waals surface area contributed by atoms with Crippen LogP contribution in [0.15, 0.2) is 29.2 Å². The van der Waals surface area contributed by atoms with E-state index in [1.807, 2.05) is 13.8 Å². The molecule has 3 aromatic rings. The third-order valence-corrected chi connectivity index (χ3v) is 5.03. The van der Waals surface area contributed by atoms with Gasteiger partial charge in [0.2, 0.25) is 5.88 Å². The van der Waals surface area contributed by atoms with E-state index in [-0.39, 0.29) is 59.4 Å². The topological polar surface area (TPSA) is 115 Å². The predicted molar refractivity (Wildman–Crippen MR) is 121 cm³/mol. The van der Waals surface area contributed by atoms with Gasteiger partial charge in [0.25, 0.3) is 5.56 Å². The maximum Gasteiger partial charge on any atom is 0.417 e. The van der Waals surface area contributed by atoms with Crippen molar-refractivity contribution in [1.29, 1.82) is 0 Å². The Bertz CT molecular complexity index is 1310. The lowest BCUT2D eigenvalue weighted by Crippen LogP contribution is -2.23. The lowest BCUT2D eigenvalue weighted by atomic mass is 10.1. The highest BCUT2D eigenvalue weighted by atomic mass is 35.5. The summed E-state index contributed by atoms with van der Waals surface area (Å²) in [6.45, 7) is 5.08. The molecule has 9 nitrogen and oxygen atoms in total. The number of ether oxygens (including phenoxy) is 2. The highest BCUT2D eigenvalue weighted by Gasteiger charge is 2.32. The average Bonchev–Trinajstić information content (AvgIpc) is 2.77. The van der Waals surface area contributed by atoms with Gasteiger partial charge in [-0.05, 0) is 39.0 Å². The van der Waals surface area contributed by atoms with Gasteiger partial charge in [-0.2, -0.15) is 18.2 Å². The number of aromatic nitrogens is 3. The normalized spacial score (nSPS) is 11.8. The van der Waals surface area contributed by atoms with Crippen LogP contribution in [0.5, 0.6) is 5.88 Å². The fourth-order valence-corrected chi connectivity index (χ4v) is 3.30. The second-order valence-corrected chi connectivity index (χ2v) is 8.14. The third-order valence-electron chi connectivity index (χ3n) is 4.81. The highest BCUT2D eigenvalue weighted by molar-refractivity contribution is 6.29. The molecule has 0 fully saturated rings. The minimum absolute atomic E-state index is 0.0218. The van der Waals surface area contributed by atoms with Crippen molar-refractivity contribution in [3.8, 4) is 5.88 Å². The van der Waals surface area contributed by atoms with Gasteiger partial charge in [-0.15, -0.1) is 0 Å². The van der Waals surface area contributed by atoms with Gasteiger partial charge in [0.15, 0.2) is 5.69 Å². The molecule has 0 spiro atoms. The molecule has 3 rings (SSSR count). The number of nitrogens with one attached hydrogen (secondary N) is 1. The number of pyridine rings is 2. The number of carboxylic acid groups (broad SMARTS) is 1. The molecule has 0 atom stereocenters. The Kier molecular flexibility index (Phi) is 7.86. The maximum absolute atomic E-state index is 13.6. The summed E-state index contributed by atoms with van der Waals surface area (Å²) in [6, 6.07) is 3.50. The Morgan fingerprint density at radius 3 is 2.60 bits per heavy atom. The minimum atomic E-state index is -4.74. The van der Waals surface area contributed by atoms with E-state index in [0.717, 1.165) is 10.5 Å². The van der Waals surface area contributed by atoms with Crippen molar-refractivity contribution in [1.82, 2.24) is 14.4 Å². The van der Waals surface area contributed by atoms with Gasteiger partial charge in [-0.3, -0.25) is 9.20 Å². The summed E-state index contributed by atoms with van der Waals surface area (Å²) in [6.07, 6.45) is -4.11. The molecule has 0 aliphatic rings. The molecule has 0 saturated carbocycles. The van der Waals surface area contributed by atoms with Crippen LogP contribution in [-0.2, 0) is 17.5 Å². The van der Waals surface area contributed by atoms with Crippen molar-refractivity contribution >= 4 is 28.9 Å². The molecule has 0 radical (unpaired) electrons. The van der Waals surface area contributed by atoms with Crippen LogP contribution < -0.4 is 15.6 Å². The molecular weight excluding hydrogens is 493 g/mol. The molecule has 0 unspecified atom stereocenters. The number of nitrogens with zero attached hydrogens (tertiary/aromatic N) is 3. The zero-order chi connectivity index (χ0) is 25.9. The smallest absolute Gasteiger partial charge is 0.417 e. The molecule has 13 heteroatoms. The van der Waals surface area contributed by atoms with Gasteiger partial charge in [0, 0.05) is 18.3 Å². The fraction of sp³-hybridized carbons (Fsp3) is 0.364. The first kappa shape index (κ1) is 26.2. The first-order valence-corrected chi connectivity index (χ1v) is 10.8. The number of hydrogen-bond donors (Lipinski definition) is 2. The van der Waals surface area contributed by atoms with Gasteiger partial charge >= 0.3 is 12.1 Å². The Hall–Kier alpha value is -3.38. The predicted octanol–water partition coefficient (Wildman–Crippen LogP) is 4.18. The summed E-state index contributed by atoms with van der Waals surface area (Å²) in [4.78, 5) is 32.4. The number of anilines is 1. The molecule has 35 heavy (non-hydrogen) atoms. The number of rotatable bonds is 9. The summed E-state index contributed by atoms with van der Waals surface area (Å²) in [5.41, 5.74) is -2.28. The Morgan fingerprint density at radius 1 is 1.26 bits per heavy atom. The molecule has 0 saturated heterocycles. The van der Waals surface area contributed by atoms with Gasteiger partial charge in [0.05, 0.1) is 29.5 Å². The molecular formula is C22H22ClF3N4O5. The summed E-state index contributed by atoms with van der Waals surface area (Å²) in [5, 5.41) is 12.0. The number of carbonyl (C=O) groups is 1. The fourth-order valence-electron chi connectivity index (χ4n) is 3.16. The summed E-state index contributed by atoms with van der Waals surface area (Å²) >= 11 is 5.75. The second-order valence-electron chi connectivity index (χ2n) is 7.75. The van der Waals surface area contributed by atoms with Crippen LogP contribution in [0.4, 0.5) is 18.9 Å². The number of hydrogen-bond acceptors (Lipinski definition) is 7. The largest absolute Gasteiger partial charge is 0.476 e. The van der Waals surface area contributed by atoms with Crippen LogP contribution in [0, 0.1) is 6.92 Å². The van der Waals surface area contributed by atoms with Gasteiger partial charge < -0.3 is 19.9 Å². The molecule has 3 heterocycles. The minimum Gasteiger partial charge on any atom is -0.476 e. The van der Waals surface area contributed by atoms with E-state index in [4.69, 9.17) is 21.1 Å². The molecule has 2 N–H and O–H groups in total. The van der Waals surface area contributed by atoms with Crippen LogP contribution in [0.1, 0.15) is 41.0 Å². The summed E-state index contributed by atoms with van der Waals surface area (Å²) < 4.78 is 52.4. The number of fused-ring (bicyclic) bond motifs is 1. The van der Waals surface area contributed by atoms with Crippen molar-refractivity contribution in [3.63, 3.8) is 0 Å². The van der Waals surface area contributed by atoms with E-state index in [1.54, 1.807) is 0 Å². The van der Waals surface area contributed by atoms with Crippen molar-refractivity contribution in [2.24, 2.45) is 0 Å². The zero-order valence-corrected chi connectivity index (χ0v) is 19.7. The quantitative estimate of drug-likeness (QED) is 0.323. The number of carboxylic acids is 1. The van der Waals surface area contributed by atoms with Crippen LogP contribution in [-0.4, -0.2) is 44.8 Å². The first-order valence-electron chi connectivity index (χ1n) is 10.4. The molecule has 0 amide bonds. The van der Waals surface area contributed by atoms with E-state index in [1.165, 1.54) is 19.1 Å². The molecule has 0 aromatic carbocycles. The van der Waals surface area contributed by atoms with Crippen molar-refractivity contribution < 1.29 is 32.5 Å². The van der Waals surface area contributed by atoms with Crippen LogP contribution in [0.2, 0.25) is 5.15 Å². The maximum atomic E-state index is 13.6. The van der Waals surface area contributed by atoms with E-state index in [0.29, 0.717) is 6.20 Å². The van der Waals surface area contributed by atoms with Gasteiger partial charge in [0.1, 0.15) is 17.4 Å². The zero-order valence-electron chi connectivity index (χ0n) is 18.9. The van der Waals surface area contributed by atoms with Crippen LogP contribution >= 0.6 is 11.6 Å². The van der Waals surface area contributed by atoms with Crippen LogP contribution in [0.25, 0.3) is 5.65 Å². The van der Waals surface area contributed by atoms with Gasteiger partial charge in [-0.1, -0.05) is 11.6 Å². The Morgan fingerprint density at radius 2 is 1.97 bits per heavy atom. The molecule has 0 aliphatic carbocycles. The number of alkyl halides is 3. The molecule has 3 aromatic heterocycles. The van der Waals surface area contributed by atoms with E-state index < -0.39 is 29.0 Å². The van der Waals surface area contributed by atoms with Crippen LogP contribution in [0.3, 0.4) is 0 Å². The number of halogens is 4. The highest BCUT2D eigenvalue weighted by Crippen LogP contribution is 2.31. The van der Waals surface area contributed by atoms with E-state index in [9.17, 15) is 27.9 Å². The average molecular weight is 515 g/mol. The SMILES string of the molecule is Cc1c(OCCOC(C)C)nc2c(CNc3ccc(Cl)nc3C(=O)O)cc(C(F)(F)F)cn2c1=O. The summed E-state index contributed by atoms with van der Waals surface area (Å²) in [7, 11) is 0. The Labute approximate surface area is 202 Å². The lowest BCUT2D eigenvalue weighted by molar-refractivity contribution is -0.137. The lowest BCUT2D eigenvalue weighted by Gasteiger charge is -2.16. The molecule has 188 valence electrons. The third kappa shape index (κ3) is 6.20. The van der Waals surface area contributed by atoms with E-state index >= 15 is 0 Å². The monoisotopic (exact) mass is 514 g/mol. The van der Waals surface area contributed by atoms with E-state index in [2.05, 4.69) is 15.3 Å². The standard InChI is InChI=1S/C22H22ClF3N4O5/c1-11(2)34-6-7-35-19-12(3)20(31)30-10-14(22(24,25)26)8-13(18(30)29-19)9-27-15-4-5-16(23)28-17(15)21(32)33/h4-5,8,10-11,27H,6-7,9H2,1-3H3,(H,32,33). The Balaban J connectivity index is 2.06. The van der Waals surface area contributed by atoms with Crippen molar-refractivity contribution in [2.45, 2.75) is 39.6 Å². The number of aromatic carboxylic acids is 1. The van der Waals surface area contributed by atoms with Crippen molar-refractivity contribution in [2.75, 3.05) is 18.5 Å². The summed E-state index contributed by atoms with van der Waals surface area (Å²) in [5.74, 6) is -1.42. The van der Waals surface area contributed by atoms with Crippen molar-refractivity contribution in [3.05, 3.63) is 62.3 Å². The molecule has 0 aliphatic heterocycles. The molecule has 0 bridgehead atoms. The first-order chi connectivity index (χ1) is 16.4. The van der Waals surface area contributed by atoms with Gasteiger partial charge in [-0.25, -0.2) is 9.78 Å². The second kappa shape index (κ2) is 10.5.